The van der Waals surface area contributed by atoms with Gasteiger partial charge in [0.1, 0.15) is 11.5 Å². The molecule has 3 rings (SSSR count). The standard InChI is InChI=1S/C19H22N4O2S/c1-10(2)12-7-14(24-4)13(17-6-5-11(3)26-17)8-15(12)25-16-9-22-19(21)23-18(16)20/h5-10H,1-4H3,(H4,20,21,22,23). The first-order valence-electron chi connectivity index (χ1n) is 8.23. The molecule has 6 nitrogen and oxygen atoms in total. The van der Waals surface area contributed by atoms with Crippen molar-refractivity contribution in [3.63, 3.8) is 0 Å². The minimum atomic E-state index is 0.114. The number of thiophene rings is 1. The van der Waals surface area contributed by atoms with E-state index >= 15 is 0 Å². The number of anilines is 2. The molecule has 0 radical (unpaired) electrons. The molecule has 136 valence electrons. The first kappa shape index (κ1) is 18.0. The summed E-state index contributed by atoms with van der Waals surface area (Å²) >= 11 is 1.70. The summed E-state index contributed by atoms with van der Waals surface area (Å²) in [4.78, 5) is 10.3. The number of aryl methyl sites for hydroxylation is 1. The molecule has 3 aromatic rings. The van der Waals surface area contributed by atoms with Crippen LogP contribution in [0.1, 0.15) is 30.2 Å². The topological polar surface area (TPSA) is 96.3 Å². The number of ether oxygens (including phenoxy) is 2. The number of nitrogens with two attached hydrogens (primary N) is 2. The van der Waals surface area contributed by atoms with Crippen LogP contribution < -0.4 is 20.9 Å². The van der Waals surface area contributed by atoms with E-state index in [2.05, 4.69) is 42.9 Å². The molecule has 0 spiro atoms. The van der Waals surface area contributed by atoms with Crippen LogP contribution in [0.5, 0.6) is 17.2 Å². The van der Waals surface area contributed by atoms with E-state index in [0.29, 0.717) is 11.5 Å². The lowest BCUT2D eigenvalue weighted by Crippen LogP contribution is -2.03. The molecule has 2 aromatic heterocycles. The summed E-state index contributed by atoms with van der Waals surface area (Å²) < 4.78 is 11.7. The van der Waals surface area contributed by atoms with Crippen LogP contribution in [0.15, 0.2) is 30.5 Å². The van der Waals surface area contributed by atoms with Crippen molar-refractivity contribution in [1.82, 2.24) is 9.97 Å². The fourth-order valence-electron chi connectivity index (χ4n) is 2.65. The predicted octanol–water partition coefficient (Wildman–Crippen LogP) is 4.60. The van der Waals surface area contributed by atoms with Crippen molar-refractivity contribution >= 4 is 23.1 Å². The average molecular weight is 370 g/mol. The van der Waals surface area contributed by atoms with Crippen LogP contribution in [0, 0.1) is 6.92 Å². The zero-order valence-corrected chi connectivity index (χ0v) is 16.1. The van der Waals surface area contributed by atoms with Crippen LogP contribution in [0.4, 0.5) is 11.8 Å². The molecule has 0 fully saturated rings. The number of benzene rings is 1. The smallest absolute Gasteiger partial charge is 0.222 e. The number of nitrogens with zero attached hydrogens (tertiary/aromatic N) is 2. The number of hydrogen-bond donors (Lipinski definition) is 2. The monoisotopic (exact) mass is 370 g/mol. The van der Waals surface area contributed by atoms with Crippen LogP contribution in [0.25, 0.3) is 10.4 Å². The number of nitrogen functional groups attached to an aromatic ring is 2. The summed E-state index contributed by atoms with van der Waals surface area (Å²) in [5.41, 5.74) is 13.5. The van der Waals surface area contributed by atoms with Gasteiger partial charge in [-0.2, -0.15) is 4.98 Å². The molecule has 0 aliphatic carbocycles. The molecule has 4 N–H and O–H groups in total. The number of methoxy groups -OCH3 is 1. The summed E-state index contributed by atoms with van der Waals surface area (Å²) in [6, 6.07) is 8.16. The summed E-state index contributed by atoms with van der Waals surface area (Å²) in [5, 5.41) is 0. The molecular formula is C19H22N4O2S. The third-order valence-electron chi connectivity index (χ3n) is 3.98. The maximum atomic E-state index is 6.07. The van der Waals surface area contributed by atoms with Gasteiger partial charge in [-0.05, 0) is 37.1 Å². The largest absolute Gasteiger partial charge is 0.496 e. The lowest BCUT2D eigenvalue weighted by molar-refractivity contribution is 0.413. The van der Waals surface area contributed by atoms with Gasteiger partial charge >= 0.3 is 0 Å². The molecular weight excluding hydrogens is 348 g/mol. The maximum Gasteiger partial charge on any atom is 0.222 e. The van der Waals surface area contributed by atoms with E-state index in [1.54, 1.807) is 18.4 Å². The quantitative estimate of drug-likeness (QED) is 0.681. The fraction of sp³-hybridized carbons (Fsp3) is 0.263. The first-order valence-corrected chi connectivity index (χ1v) is 9.05. The van der Waals surface area contributed by atoms with Gasteiger partial charge in [-0.15, -0.1) is 11.3 Å². The molecule has 0 aliphatic rings. The highest BCUT2D eigenvalue weighted by Gasteiger charge is 2.18. The fourth-order valence-corrected chi connectivity index (χ4v) is 3.54. The van der Waals surface area contributed by atoms with E-state index in [4.69, 9.17) is 20.9 Å². The maximum absolute atomic E-state index is 6.07. The molecule has 0 atom stereocenters. The lowest BCUT2D eigenvalue weighted by atomic mass is 9.98. The van der Waals surface area contributed by atoms with Crippen LogP contribution >= 0.6 is 11.3 Å². The van der Waals surface area contributed by atoms with Crippen LogP contribution in [0.2, 0.25) is 0 Å². The van der Waals surface area contributed by atoms with E-state index in [1.807, 2.05) is 12.1 Å². The highest BCUT2D eigenvalue weighted by Crippen LogP contribution is 2.43. The Bertz CT molecular complexity index is 937. The molecule has 7 heteroatoms. The van der Waals surface area contributed by atoms with Crippen LogP contribution in [0.3, 0.4) is 0 Å². The van der Waals surface area contributed by atoms with Gasteiger partial charge in [-0.3, -0.25) is 0 Å². The van der Waals surface area contributed by atoms with Crippen molar-refractivity contribution in [2.45, 2.75) is 26.7 Å². The summed E-state index contributed by atoms with van der Waals surface area (Å²) in [6.07, 6.45) is 1.49. The lowest BCUT2D eigenvalue weighted by Gasteiger charge is -2.18. The highest BCUT2D eigenvalue weighted by atomic mass is 32.1. The Morgan fingerprint density at radius 3 is 2.42 bits per heavy atom. The predicted molar refractivity (Wildman–Crippen MR) is 106 cm³/mol. The summed E-state index contributed by atoms with van der Waals surface area (Å²) in [5.74, 6) is 2.43. The Kier molecular flexibility index (Phi) is 4.99. The van der Waals surface area contributed by atoms with E-state index in [-0.39, 0.29) is 17.7 Å². The molecule has 0 amide bonds. The van der Waals surface area contributed by atoms with E-state index in [0.717, 1.165) is 21.8 Å². The van der Waals surface area contributed by atoms with E-state index in [1.165, 1.54) is 11.1 Å². The first-order chi connectivity index (χ1) is 12.4. The van der Waals surface area contributed by atoms with Gasteiger partial charge < -0.3 is 20.9 Å². The highest BCUT2D eigenvalue weighted by molar-refractivity contribution is 7.15. The van der Waals surface area contributed by atoms with Crippen molar-refractivity contribution in [3.8, 4) is 27.7 Å². The van der Waals surface area contributed by atoms with Gasteiger partial charge in [0.15, 0.2) is 11.6 Å². The SMILES string of the molecule is COc1cc(C(C)C)c(Oc2cnc(N)nc2N)cc1-c1ccc(C)s1. The minimum absolute atomic E-state index is 0.114. The van der Waals surface area contributed by atoms with E-state index < -0.39 is 0 Å². The van der Waals surface area contributed by atoms with Crippen LogP contribution in [-0.2, 0) is 0 Å². The third kappa shape index (κ3) is 3.57. The second-order valence-electron chi connectivity index (χ2n) is 6.24. The second-order valence-corrected chi connectivity index (χ2v) is 7.52. The molecule has 1 aromatic carbocycles. The van der Waals surface area contributed by atoms with Gasteiger partial charge in [0.05, 0.1) is 13.3 Å². The molecule has 0 bridgehead atoms. The van der Waals surface area contributed by atoms with Crippen molar-refractivity contribution in [2.75, 3.05) is 18.6 Å². The van der Waals surface area contributed by atoms with Crippen LogP contribution in [-0.4, -0.2) is 17.1 Å². The molecule has 0 unspecified atom stereocenters. The van der Waals surface area contributed by atoms with Gasteiger partial charge in [0.2, 0.25) is 5.95 Å². The number of hydrogen-bond acceptors (Lipinski definition) is 7. The molecule has 0 saturated carbocycles. The van der Waals surface area contributed by atoms with Gasteiger partial charge in [-0.25, -0.2) is 4.98 Å². The van der Waals surface area contributed by atoms with Gasteiger partial charge in [0, 0.05) is 20.9 Å². The average Bonchev–Trinajstić information content (AvgIpc) is 3.03. The van der Waals surface area contributed by atoms with Gasteiger partial charge in [0.25, 0.3) is 0 Å². The molecule has 2 heterocycles. The Morgan fingerprint density at radius 1 is 1.08 bits per heavy atom. The molecule has 26 heavy (non-hydrogen) atoms. The summed E-state index contributed by atoms with van der Waals surface area (Å²) in [6.45, 7) is 6.27. The normalized spacial score (nSPS) is 11.0. The van der Waals surface area contributed by atoms with Crippen molar-refractivity contribution in [2.24, 2.45) is 0 Å². The Hall–Kier alpha value is -2.80. The Balaban J connectivity index is 2.12. The summed E-state index contributed by atoms with van der Waals surface area (Å²) in [7, 11) is 1.68. The second kappa shape index (κ2) is 7.21. The number of aromatic nitrogens is 2. The third-order valence-corrected chi connectivity index (χ3v) is 5.02. The molecule has 0 saturated heterocycles. The van der Waals surface area contributed by atoms with Crippen molar-refractivity contribution in [1.29, 1.82) is 0 Å². The zero-order valence-electron chi connectivity index (χ0n) is 15.2. The van der Waals surface area contributed by atoms with E-state index in [9.17, 15) is 0 Å². The van der Waals surface area contributed by atoms with Crippen molar-refractivity contribution in [3.05, 3.63) is 40.9 Å². The number of rotatable bonds is 5. The van der Waals surface area contributed by atoms with Crippen molar-refractivity contribution < 1.29 is 9.47 Å². The molecule has 0 aliphatic heterocycles. The van der Waals surface area contributed by atoms with Gasteiger partial charge in [-0.1, -0.05) is 13.8 Å². The Morgan fingerprint density at radius 2 is 1.85 bits per heavy atom. The minimum Gasteiger partial charge on any atom is -0.496 e. The zero-order chi connectivity index (χ0) is 18.8. The Labute approximate surface area is 156 Å².